The molecule has 2 aliphatic heterocycles. The number of morpholine rings is 1. The highest BCUT2D eigenvalue weighted by atomic mass is 16.5. The Morgan fingerprint density at radius 3 is 2.64 bits per heavy atom. The summed E-state index contributed by atoms with van der Waals surface area (Å²) in [5.74, 6) is 2.31. The number of aliphatic imine (C=N–C) groups is 1. The highest BCUT2D eigenvalue weighted by Gasteiger charge is 2.30. The van der Waals surface area contributed by atoms with E-state index in [1.807, 2.05) is 17.0 Å². The lowest BCUT2D eigenvalue weighted by molar-refractivity contribution is -0.140. The van der Waals surface area contributed by atoms with Crippen LogP contribution in [0.4, 0.5) is 0 Å². The van der Waals surface area contributed by atoms with Gasteiger partial charge in [-0.25, -0.2) is 0 Å². The van der Waals surface area contributed by atoms with E-state index in [0.717, 1.165) is 63.7 Å². The van der Waals surface area contributed by atoms with Crippen molar-refractivity contribution >= 4 is 11.9 Å². The number of guanidine groups is 1. The molecule has 2 fully saturated rings. The van der Waals surface area contributed by atoms with Crippen LogP contribution in [0.1, 0.15) is 18.6 Å². The molecular formula is C18H28N4O3. The molecule has 1 aromatic heterocycles. The number of hydrogen-bond donors (Lipinski definition) is 1. The molecule has 138 valence electrons. The predicted molar refractivity (Wildman–Crippen MR) is 95.5 cm³/mol. The second kappa shape index (κ2) is 8.89. The number of carbonyl (C=O) groups is 1. The van der Waals surface area contributed by atoms with E-state index in [9.17, 15) is 4.79 Å². The van der Waals surface area contributed by atoms with Gasteiger partial charge in [0.15, 0.2) is 5.96 Å². The van der Waals surface area contributed by atoms with Crippen LogP contribution in [0.2, 0.25) is 0 Å². The summed E-state index contributed by atoms with van der Waals surface area (Å²) in [6.07, 6.45) is 4.29. The van der Waals surface area contributed by atoms with Gasteiger partial charge in [-0.05, 0) is 25.0 Å². The number of nitrogens with zero attached hydrogens (tertiary/aromatic N) is 3. The molecule has 0 aromatic carbocycles. The number of ether oxygens (including phenoxy) is 1. The standard InChI is InChI=1S/C18H28N4O3/c1-19-18(20-7-4-16-3-2-12-25-16)22-8-5-15(6-9-22)17(23)21-10-13-24-14-11-21/h2-3,12,15H,4-11,13-14H2,1H3,(H,19,20). The second-order valence-electron chi connectivity index (χ2n) is 6.50. The molecule has 7 nitrogen and oxygen atoms in total. The average Bonchev–Trinajstić information content (AvgIpc) is 3.19. The van der Waals surface area contributed by atoms with Crippen LogP contribution >= 0.6 is 0 Å². The van der Waals surface area contributed by atoms with Crippen molar-refractivity contribution in [2.24, 2.45) is 10.9 Å². The van der Waals surface area contributed by atoms with Crippen LogP contribution in [0.15, 0.2) is 27.8 Å². The number of likely N-dealkylation sites (tertiary alicyclic amines) is 1. The van der Waals surface area contributed by atoms with E-state index in [1.54, 1.807) is 13.3 Å². The smallest absolute Gasteiger partial charge is 0.225 e. The lowest BCUT2D eigenvalue weighted by Gasteiger charge is -2.36. The van der Waals surface area contributed by atoms with Crippen molar-refractivity contribution in [3.8, 4) is 0 Å². The van der Waals surface area contributed by atoms with Gasteiger partial charge in [-0.1, -0.05) is 0 Å². The fourth-order valence-corrected chi connectivity index (χ4v) is 3.46. The number of nitrogens with one attached hydrogen (secondary N) is 1. The minimum absolute atomic E-state index is 0.135. The Morgan fingerprint density at radius 2 is 2.00 bits per heavy atom. The molecule has 2 saturated heterocycles. The van der Waals surface area contributed by atoms with Crippen molar-refractivity contribution in [3.05, 3.63) is 24.2 Å². The van der Waals surface area contributed by atoms with Gasteiger partial charge in [-0.15, -0.1) is 0 Å². The summed E-state index contributed by atoms with van der Waals surface area (Å²) < 4.78 is 10.7. The first-order valence-corrected chi connectivity index (χ1v) is 9.12. The first-order valence-electron chi connectivity index (χ1n) is 9.12. The van der Waals surface area contributed by atoms with Crippen LogP contribution in [-0.2, 0) is 16.0 Å². The van der Waals surface area contributed by atoms with E-state index < -0.39 is 0 Å². The predicted octanol–water partition coefficient (Wildman–Crippen LogP) is 0.968. The van der Waals surface area contributed by atoms with Crippen molar-refractivity contribution in [2.75, 3.05) is 53.0 Å². The summed E-state index contributed by atoms with van der Waals surface area (Å²) in [5, 5.41) is 3.39. The lowest BCUT2D eigenvalue weighted by atomic mass is 9.95. The third-order valence-electron chi connectivity index (χ3n) is 4.91. The summed E-state index contributed by atoms with van der Waals surface area (Å²) in [6, 6.07) is 3.88. The van der Waals surface area contributed by atoms with Gasteiger partial charge in [-0.3, -0.25) is 9.79 Å². The number of carbonyl (C=O) groups excluding carboxylic acids is 1. The maximum absolute atomic E-state index is 12.6. The summed E-state index contributed by atoms with van der Waals surface area (Å²) >= 11 is 0. The topological polar surface area (TPSA) is 70.3 Å². The number of amides is 1. The van der Waals surface area contributed by atoms with E-state index in [1.165, 1.54) is 0 Å². The molecule has 0 unspecified atom stereocenters. The van der Waals surface area contributed by atoms with Gasteiger partial charge in [0.25, 0.3) is 0 Å². The van der Waals surface area contributed by atoms with E-state index in [4.69, 9.17) is 9.15 Å². The maximum Gasteiger partial charge on any atom is 0.225 e. The van der Waals surface area contributed by atoms with Gasteiger partial charge < -0.3 is 24.3 Å². The summed E-state index contributed by atoms with van der Waals surface area (Å²) in [5.41, 5.74) is 0. The van der Waals surface area contributed by atoms with Gasteiger partial charge in [0, 0.05) is 52.1 Å². The molecule has 1 amide bonds. The zero-order valence-electron chi connectivity index (χ0n) is 14.9. The van der Waals surface area contributed by atoms with Gasteiger partial charge >= 0.3 is 0 Å². The normalized spacial score (nSPS) is 20.0. The molecule has 1 N–H and O–H groups in total. The number of furan rings is 1. The quantitative estimate of drug-likeness (QED) is 0.648. The molecule has 3 heterocycles. The summed E-state index contributed by atoms with van der Waals surface area (Å²) in [6.45, 7) is 5.30. The van der Waals surface area contributed by atoms with Crippen LogP contribution in [0.3, 0.4) is 0 Å². The number of rotatable bonds is 4. The van der Waals surface area contributed by atoms with E-state index in [-0.39, 0.29) is 5.92 Å². The molecule has 0 saturated carbocycles. The maximum atomic E-state index is 12.6. The fourth-order valence-electron chi connectivity index (χ4n) is 3.46. The number of piperidine rings is 1. The Kier molecular flexibility index (Phi) is 6.33. The van der Waals surface area contributed by atoms with Gasteiger partial charge in [0.05, 0.1) is 19.5 Å². The van der Waals surface area contributed by atoms with Crippen molar-refractivity contribution in [1.29, 1.82) is 0 Å². The monoisotopic (exact) mass is 348 g/mol. The second-order valence-corrected chi connectivity index (χ2v) is 6.50. The minimum Gasteiger partial charge on any atom is -0.469 e. The Balaban J connectivity index is 1.42. The molecule has 0 bridgehead atoms. The highest BCUT2D eigenvalue weighted by Crippen LogP contribution is 2.20. The molecule has 25 heavy (non-hydrogen) atoms. The molecule has 7 heteroatoms. The first kappa shape index (κ1) is 17.8. The lowest BCUT2D eigenvalue weighted by Crippen LogP contribution is -2.50. The molecule has 3 rings (SSSR count). The van der Waals surface area contributed by atoms with Crippen LogP contribution in [-0.4, -0.2) is 74.7 Å². The van der Waals surface area contributed by atoms with Crippen molar-refractivity contribution in [3.63, 3.8) is 0 Å². The minimum atomic E-state index is 0.135. The van der Waals surface area contributed by atoms with Gasteiger partial charge in [0.2, 0.25) is 5.91 Å². The Labute approximate surface area is 149 Å². The van der Waals surface area contributed by atoms with Gasteiger partial charge in [0.1, 0.15) is 5.76 Å². The zero-order valence-corrected chi connectivity index (χ0v) is 14.9. The van der Waals surface area contributed by atoms with Crippen molar-refractivity contribution < 1.29 is 13.9 Å². The molecule has 2 aliphatic rings. The van der Waals surface area contributed by atoms with E-state index in [2.05, 4.69) is 15.2 Å². The Morgan fingerprint density at radius 1 is 1.24 bits per heavy atom. The van der Waals surface area contributed by atoms with E-state index >= 15 is 0 Å². The molecule has 0 atom stereocenters. The van der Waals surface area contributed by atoms with Gasteiger partial charge in [-0.2, -0.15) is 0 Å². The molecule has 0 spiro atoms. The average molecular weight is 348 g/mol. The number of hydrogen-bond acceptors (Lipinski definition) is 4. The van der Waals surface area contributed by atoms with Crippen LogP contribution < -0.4 is 5.32 Å². The molecular weight excluding hydrogens is 320 g/mol. The first-order chi connectivity index (χ1) is 12.3. The Hall–Kier alpha value is -2.02. The van der Waals surface area contributed by atoms with Crippen LogP contribution in [0, 0.1) is 5.92 Å². The molecule has 1 aromatic rings. The van der Waals surface area contributed by atoms with E-state index in [0.29, 0.717) is 19.1 Å². The summed E-state index contributed by atoms with van der Waals surface area (Å²) in [4.78, 5) is 21.2. The molecule has 0 aliphatic carbocycles. The zero-order chi connectivity index (χ0) is 17.5. The Bertz CT molecular complexity index is 559. The third-order valence-corrected chi connectivity index (χ3v) is 4.91. The largest absolute Gasteiger partial charge is 0.469 e. The molecule has 0 radical (unpaired) electrons. The van der Waals surface area contributed by atoms with Crippen molar-refractivity contribution in [2.45, 2.75) is 19.3 Å². The summed E-state index contributed by atoms with van der Waals surface area (Å²) in [7, 11) is 1.81. The SMILES string of the molecule is CN=C(NCCc1ccco1)N1CCC(C(=O)N2CCOCC2)CC1. The van der Waals surface area contributed by atoms with Crippen LogP contribution in [0.5, 0.6) is 0 Å². The fraction of sp³-hybridized carbons (Fsp3) is 0.667. The highest BCUT2D eigenvalue weighted by molar-refractivity contribution is 5.81. The van der Waals surface area contributed by atoms with Crippen molar-refractivity contribution in [1.82, 2.24) is 15.1 Å². The third kappa shape index (κ3) is 4.75. The van der Waals surface area contributed by atoms with Crippen LogP contribution in [0.25, 0.3) is 0 Å².